The zero-order valence-electron chi connectivity index (χ0n) is 20.2. The molecule has 0 heterocycles. The van der Waals surface area contributed by atoms with Gasteiger partial charge in [-0.1, -0.05) is 72.5 Å². The molecular weight excluding hydrogens is 352 g/mol. The third-order valence-electron chi connectivity index (χ3n) is 10.5. The highest BCUT2D eigenvalue weighted by atomic mass is 16.3. The summed E-state index contributed by atoms with van der Waals surface area (Å²) >= 11 is 0. The van der Waals surface area contributed by atoms with Crippen LogP contribution in [0.3, 0.4) is 0 Å². The number of hydrogen-bond donors (Lipinski definition) is 1. The monoisotopic (exact) mass is 400 g/mol. The summed E-state index contributed by atoms with van der Waals surface area (Å²) in [5, 5.41) is 11.6. The molecule has 4 rings (SSSR count). The Hall–Kier alpha value is -0.300. The van der Waals surface area contributed by atoms with E-state index in [1.54, 1.807) is 5.57 Å². The van der Waals surface area contributed by atoms with Gasteiger partial charge in [0.2, 0.25) is 0 Å². The van der Waals surface area contributed by atoms with E-state index < -0.39 is 0 Å². The average Bonchev–Trinajstić information content (AvgIpc) is 2.98. The lowest BCUT2D eigenvalue weighted by Crippen LogP contribution is -2.56. The van der Waals surface area contributed by atoms with Gasteiger partial charge in [0.1, 0.15) is 0 Å². The second-order valence-electron chi connectivity index (χ2n) is 12.8. The molecule has 3 fully saturated rings. The maximum Gasteiger partial charge on any atom is 0.0585 e. The Bertz CT molecular complexity index is 620. The van der Waals surface area contributed by atoms with Gasteiger partial charge >= 0.3 is 0 Å². The minimum absolute atomic E-state index is 0.0909. The van der Waals surface area contributed by atoms with E-state index >= 15 is 0 Å². The van der Waals surface area contributed by atoms with Crippen LogP contribution in [0.25, 0.3) is 0 Å². The van der Waals surface area contributed by atoms with E-state index in [2.05, 4.69) is 47.6 Å². The van der Waals surface area contributed by atoms with Crippen molar-refractivity contribution in [2.75, 3.05) is 0 Å². The fraction of sp³-hybridized carbons (Fsp3) is 0.929. The summed E-state index contributed by atoms with van der Waals surface area (Å²) in [6, 6.07) is 0. The van der Waals surface area contributed by atoms with Gasteiger partial charge in [0.05, 0.1) is 6.10 Å². The predicted octanol–water partition coefficient (Wildman–Crippen LogP) is 7.63. The summed E-state index contributed by atoms with van der Waals surface area (Å²) in [5.41, 5.74) is 2.34. The molecule has 0 radical (unpaired) electrons. The SMILES string of the molecule is CC(C)CCCC(C)C1CCC2C3CC=C4CC(C)CCC4(C)C3C(O)CC12C. The van der Waals surface area contributed by atoms with E-state index in [0.29, 0.717) is 11.3 Å². The zero-order valence-corrected chi connectivity index (χ0v) is 20.2. The van der Waals surface area contributed by atoms with E-state index in [9.17, 15) is 5.11 Å². The van der Waals surface area contributed by atoms with Crippen molar-refractivity contribution in [1.29, 1.82) is 0 Å². The van der Waals surface area contributed by atoms with Crippen LogP contribution in [0.5, 0.6) is 0 Å². The van der Waals surface area contributed by atoms with Crippen molar-refractivity contribution in [2.24, 2.45) is 52.3 Å². The molecule has 0 aromatic rings. The molecule has 0 saturated heterocycles. The van der Waals surface area contributed by atoms with Gasteiger partial charge in [-0.2, -0.15) is 0 Å². The fourth-order valence-corrected chi connectivity index (χ4v) is 9.00. The first-order valence-corrected chi connectivity index (χ1v) is 13.0. The van der Waals surface area contributed by atoms with Crippen LogP contribution in [0.2, 0.25) is 0 Å². The van der Waals surface area contributed by atoms with Crippen LogP contribution in [0.15, 0.2) is 11.6 Å². The number of aliphatic hydroxyl groups excluding tert-OH is 1. The Kier molecular flexibility index (Phi) is 6.04. The lowest BCUT2D eigenvalue weighted by molar-refractivity contribution is -0.127. The number of aliphatic hydroxyl groups is 1. The minimum atomic E-state index is -0.0909. The summed E-state index contributed by atoms with van der Waals surface area (Å²) in [6.45, 7) is 14.8. The highest BCUT2D eigenvalue weighted by molar-refractivity contribution is 5.26. The summed E-state index contributed by atoms with van der Waals surface area (Å²) in [6.07, 6.45) is 15.8. The summed E-state index contributed by atoms with van der Waals surface area (Å²) < 4.78 is 0. The molecule has 0 spiro atoms. The first-order valence-electron chi connectivity index (χ1n) is 13.0. The normalized spacial score (nSPS) is 47.9. The highest BCUT2D eigenvalue weighted by Gasteiger charge is 2.61. The fourth-order valence-electron chi connectivity index (χ4n) is 9.00. The molecule has 4 aliphatic carbocycles. The second-order valence-corrected chi connectivity index (χ2v) is 12.8. The molecule has 3 saturated carbocycles. The maximum absolute atomic E-state index is 11.6. The van der Waals surface area contributed by atoms with Gasteiger partial charge in [-0.3, -0.25) is 0 Å². The number of allylic oxidation sites excluding steroid dienone is 2. The smallest absolute Gasteiger partial charge is 0.0585 e. The highest BCUT2D eigenvalue weighted by Crippen LogP contribution is 2.67. The van der Waals surface area contributed by atoms with Crippen molar-refractivity contribution in [1.82, 2.24) is 0 Å². The number of fused-ring (bicyclic) bond motifs is 5. The lowest BCUT2D eigenvalue weighted by Gasteiger charge is -2.60. The molecule has 9 atom stereocenters. The van der Waals surface area contributed by atoms with Crippen LogP contribution in [-0.2, 0) is 0 Å². The molecule has 0 aliphatic heterocycles. The van der Waals surface area contributed by atoms with Crippen LogP contribution in [-0.4, -0.2) is 11.2 Å². The molecule has 29 heavy (non-hydrogen) atoms. The molecule has 4 aliphatic rings. The Morgan fingerprint density at radius 3 is 2.59 bits per heavy atom. The Labute approximate surface area is 181 Å². The number of rotatable bonds is 5. The van der Waals surface area contributed by atoms with Crippen molar-refractivity contribution >= 4 is 0 Å². The van der Waals surface area contributed by atoms with E-state index in [1.807, 2.05) is 0 Å². The molecular formula is C28H48O. The second kappa shape index (κ2) is 7.99. The van der Waals surface area contributed by atoms with Gasteiger partial charge in [-0.15, -0.1) is 0 Å². The van der Waals surface area contributed by atoms with Crippen molar-refractivity contribution in [3.63, 3.8) is 0 Å². The van der Waals surface area contributed by atoms with E-state index in [0.717, 1.165) is 41.9 Å². The van der Waals surface area contributed by atoms with Crippen molar-refractivity contribution in [3.8, 4) is 0 Å². The van der Waals surface area contributed by atoms with Gasteiger partial charge in [0.15, 0.2) is 0 Å². The molecule has 0 aromatic carbocycles. The van der Waals surface area contributed by atoms with Crippen molar-refractivity contribution in [3.05, 3.63) is 11.6 Å². The van der Waals surface area contributed by atoms with Gasteiger partial charge < -0.3 is 5.11 Å². The molecule has 1 nitrogen and oxygen atoms in total. The molecule has 1 heteroatoms. The van der Waals surface area contributed by atoms with Crippen LogP contribution >= 0.6 is 0 Å². The van der Waals surface area contributed by atoms with E-state index in [-0.39, 0.29) is 11.5 Å². The van der Waals surface area contributed by atoms with Gasteiger partial charge in [0, 0.05) is 0 Å². The maximum atomic E-state index is 11.6. The predicted molar refractivity (Wildman–Crippen MR) is 124 cm³/mol. The first kappa shape index (κ1) is 21.9. The largest absolute Gasteiger partial charge is 0.393 e. The third kappa shape index (κ3) is 3.66. The Morgan fingerprint density at radius 1 is 1.10 bits per heavy atom. The topological polar surface area (TPSA) is 20.2 Å². The standard InChI is InChI=1S/C28H48O/c1-18(2)8-7-9-20(4)23-12-13-24-22-11-10-21-16-19(3)14-15-27(21,5)26(22)25(29)17-28(23,24)6/h10,18-20,22-26,29H,7-9,11-17H2,1-6H3. The molecule has 0 bridgehead atoms. The van der Waals surface area contributed by atoms with Crippen LogP contribution < -0.4 is 0 Å². The summed E-state index contributed by atoms with van der Waals surface area (Å²) in [5.74, 6) is 5.37. The van der Waals surface area contributed by atoms with Gasteiger partial charge in [-0.25, -0.2) is 0 Å². The summed E-state index contributed by atoms with van der Waals surface area (Å²) in [4.78, 5) is 0. The Balaban J connectivity index is 1.54. The molecule has 166 valence electrons. The van der Waals surface area contributed by atoms with Crippen molar-refractivity contribution < 1.29 is 5.11 Å². The van der Waals surface area contributed by atoms with Gasteiger partial charge in [0.25, 0.3) is 0 Å². The van der Waals surface area contributed by atoms with E-state index in [1.165, 1.54) is 57.8 Å². The zero-order chi connectivity index (χ0) is 21.0. The molecule has 9 unspecified atom stereocenters. The summed E-state index contributed by atoms with van der Waals surface area (Å²) in [7, 11) is 0. The Morgan fingerprint density at radius 2 is 1.86 bits per heavy atom. The third-order valence-corrected chi connectivity index (χ3v) is 10.5. The van der Waals surface area contributed by atoms with Gasteiger partial charge in [-0.05, 0) is 97.2 Å². The van der Waals surface area contributed by atoms with Crippen LogP contribution in [0.1, 0.15) is 106 Å². The number of hydrogen-bond acceptors (Lipinski definition) is 1. The molecule has 0 amide bonds. The quantitative estimate of drug-likeness (QED) is 0.470. The average molecular weight is 401 g/mol. The lowest BCUT2D eigenvalue weighted by atomic mass is 9.45. The van der Waals surface area contributed by atoms with Crippen LogP contribution in [0, 0.1) is 52.3 Å². The minimum Gasteiger partial charge on any atom is -0.393 e. The first-order chi connectivity index (χ1) is 13.7. The van der Waals surface area contributed by atoms with Crippen LogP contribution in [0.4, 0.5) is 0 Å². The molecule has 0 aromatic heterocycles. The van der Waals surface area contributed by atoms with E-state index in [4.69, 9.17) is 0 Å². The van der Waals surface area contributed by atoms with Crippen molar-refractivity contribution in [2.45, 2.75) is 112 Å². The molecule has 1 N–H and O–H groups in total.